The predicted molar refractivity (Wildman–Crippen MR) is 92.2 cm³/mol. The van der Waals surface area contributed by atoms with Gasteiger partial charge in [0.1, 0.15) is 5.60 Å². The molecule has 1 aromatic carbocycles. The summed E-state index contributed by atoms with van der Waals surface area (Å²) >= 11 is 0. The maximum absolute atomic E-state index is 11.4. The number of ether oxygens (including phenoxy) is 2. The first-order valence-electron chi connectivity index (χ1n) is 7.80. The summed E-state index contributed by atoms with van der Waals surface area (Å²) in [5.41, 5.74) is 1.93. The molecule has 0 aromatic heterocycles. The summed E-state index contributed by atoms with van der Waals surface area (Å²) in [6.45, 7) is 8.14. The minimum Gasteiger partial charge on any atom is -0.444 e. The first kappa shape index (κ1) is 19.2. The van der Waals surface area contributed by atoms with E-state index in [0.29, 0.717) is 13.2 Å². The molecule has 0 aliphatic carbocycles. The predicted octanol–water partition coefficient (Wildman–Crippen LogP) is 3.00. The van der Waals surface area contributed by atoms with E-state index in [4.69, 9.17) is 9.47 Å². The molecule has 128 valence electrons. The van der Waals surface area contributed by atoms with Gasteiger partial charge in [0, 0.05) is 26.7 Å². The van der Waals surface area contributed by atoms with Gasteiger partial charge in [0.2, 0.25) is 0 Å². The Morgan fingerprint density at radius 1 is 1.17 bits per heavy atom. The van der Waals surface area contributed by atoms with Gasteiger partial charge in [-0.3, -0.25) is 0 Å². The lowest BCUT2D eigenvalue weighted by Crippen LogP contribution is -2.32. The average molecular weight is 320 g/mol. The Labute approximate surface area is 139 Å². The third-order valence-electron chi connectivity index (χ3n) is 2.82. The molecule has 0 aliphatic rings. The lowest BCUT2D eigenvalue weighted by molar-refractivity contribution is 0.0534. The molecule has 1 rings (SSSR count). The molecule has 0 aliphatic heterocycles. The van der Waals surface area contributed by atoms with Crippen LogP contribution in [0.4, 0.5) is 4.79 Å². The first-order valence-corrected chi connectivity index (χ1v) is 7.80. The zero-order valence-electron chi connectivity index (χ0n) is 14.5. The van der Waals surface area contributed by atoms with Crippen molar-refractivity contribution in [3.05, 3.63) is 47.5 Å². The van der Waals surface area contributed by atoms with Gasteiger partial charge in [-0.05, 0) is 31.9 Å². The Bertz CT molecular complexity index is 507. The van der Waals surface area contributed by atoms with E-state index in [1.807, 2.05) is 39.0 Å². The molecular formula is C18H28N2O3. The summed E-state index contributed by atoms with van der Waals surface area (Å²) in [6.07, 6.45) is 3.49. The zero-order valence-corrected chi connectivity index (χ0v) is 14.5. The number of alkyl carbamates (subject to hydrolysis) is 1. The average Bonchev–Trinajstić information content (AvgIpc) is 2.45. The molecular weight excluding hydrogens is 292 g/mol. The Hall–Kier alpha value is -1.85. The van der Waals surface area contributed by atoms with E-state index in [-0.39, 0.29) is 0 Å². The van der Waals surface area contributed by atoms with Crippen LogP contribution in [0.2, 0.25) is 0 Å². The van der Waals surface area contributed by atoms with Crippen LogP contribution < -0.4 is 10.6 Å². The minimum atomic E-state index is -0.466. The van der Waals surface area contributed by atoms with Gasteiger partial charge >= 0.3 is 6.09 Å². The number of nitrogens with one attached hydrogen (secondary N) is 2. The third kappa shape index (κ3) is 9.71. The zero-order chi connectivity index (χ0) is 17.1. The van der Waals surface area contributed by atoms with E-state index in [2.05, 4.69) is 28.8 Å². The largest absolute Gasteiger partial charge is 0.444 e. The lowest BCUT2D eigenvalue weighted by atomic mass is 10.1. The Balaban J connectivity index is 2.17. The smallest absolute Gasteiger partial charge is 0.407 e. The molecule has 0 saturated carbocycles. The number of carbonyl (C=O) groups is 1. The molecule has 0 spiro atoms. The molecule has 0 unspecified atom stereocenters. The second-order valence-corrected chi connectivity index (χ2v) is 6.24. The van der Waals surface area contributed by atoms with Crippen molar-refractivity contribution in [2.75, 3.05) is 20.2 Å². The molecule has 0 radical (unpaired) electrons. The van der Waals surface area contributed by atoms with E-state index >= 15 is 0 Å². The fourth-order valence-corrected chi connectivity index (χ4v) is 1.92. The van der Waals surface area contributed by atoms with Gasteiger partial charge in [-0.2, -0.15) is 0 Å². The van der Waals surface area contributed by atoms with Crippen LogP contribution in [0, 0.1) is 0 Å². The second-order valence-electron chi connectivity index (χ2n) is 6.24. The molecule has 1 aromatic rings. The van der Waals surface area contributed by atoms with E-state index in [0.717, 1.165) is 13.1 Å². The molecule has 0 heterocycles. The molecule has 0 fully saturated rings. The van der Waals surface area contributed by atoms with Crippen molar-refractivity contribution in [2.24, 2.45) is 0 Å². The number of hydrogen-bond donors (Lipinski definition) is 2. The second kappa shape index (κ2) is 10.0. The van der Waals surface area contributed by atoms with Crippen molar-refractivity contribution in [3.63, 3.8) is 0 Å². The Morgan fingerprint density at radius 2 is 1.87 bits per heavy atom. The molecule has 23 heavy (non-hydrogen) atoms. The van der Waals surface area contributed by atoms with Gasteiger partial charge in [0.05, 0.1) is 6.61 Å². The molecule has 2 N–H and O–H groups in total. The minimum absolute atomic E-state index is 0.398. The van der Waals surface area contributed by atoms with Crippen LogP contribution in [0.1, 0.15) is 31.9 Å². The molecule has 5 nitrogen and oxygen atoms in total. The monoisotopic (exact) mass is 320 g/mol. The van der Waals surface area contributed by atoms with E-state index in [9.17, 15) is 4.79 Å². The van der Waals surface area contributed by atoms with Crippen LogP contribution in [0.15, 0.2) is 36.4 Å². The standard InChI is InChI=1S/C18H28N2O3/c1-18(2,3)23-17(21)20-11-6-5-10-19-13-15-8-7-9-16(12-15)14-22-4/h5-9,12,19H,10-11,13-14H2,1-4H3,(H,20,21)/b6-5+. The van der Waals surface area contributed by atoms with Gasteiger partial charge in [-0.15, -0.1) is 0 Å². The fraction of sp³-hybridized carbons (Fsp3) is 0.500. The normalized spacial score (nSPS) is 11.7. The van der Waals surface area contributed by atoms with Gasteiger partial charge in [0.25, 0.3) is 0 Å². The van der Waals surface area contributed by atoms with Crippen molar-refractivity contribution in [1.82, 2.24) is 10.6 Å². The first-order chi connectivity index (χ1) is 10.9. The number of amides is 1. The maximum atomic E-state index is 11.4. The van der Waals surface area contributed by atoms with Gasteiger partial charge in [0.15, 0.2) is 0 Å². The quantitative estimate of drug-likeness (QED) is 0.571. The maximum Gasteiger partial charge on any atom is 0.407 e. The molecule has 0 bridgehead atoms. The molecule has 0 atom stereocenters. The van der Waals surface area contributed by atoms with Crippen LogP contribution in [-0.4, -0.2) is 31.9 Å². The summed E-state index contributed by atoms with van der Waals surface area (Å²) in [6, 6.07) is 8.30. The van der Waals surface area contributed by atoms with Crippen LogP contribution in [0.3, 0.4) is 0 Å². The van der Waals surface area contributed by atoms with Crippen LogP contribution in [0.25, 0.3) is 0 Å². The summed E-state index contributed by atoms with van der Waals surface area (Å²) in [7, 11) is 1.70. The van der Waals surface area contributed by atoms with Crippen molar-refractivity contribution in [3.8, 4) is 0 Å². The van der Waals surface area contributed by atoms with Crippen molar-refractivity contribution < 1.29 is 14.3 Å². The van der Waals surface area contributed by atoms with Crippen LogP contribution >= 0.6 is 0 Å². The number of hydrogen-bond acceptors (Lipinski definition) is 4. The van der Waals surface area contributed by atoms with E-state index in [1.54, 1.807) is 7.11 Å². The molecule has 5 heteroatoms. The highest BCUT2D eigenvalue weighted by molar-refractivity contribution is 5.67. The summed E-state index contributed by atoms with van der Waals surface area (Å²) in [5, 5.41) is 6.01. The number of rotatable bonds is 8. The summed E-state index contributed by atoms with van der Waals surface area (Å²) in [4.78, 5) is 11.4. The highest BCUT2D eigenvalue weighted by Gasteiger charge is 2.14. The van der Waals surface area contributed by atoms with Crippen molar-refractivity contribution in [2.45, 2.75) is 39.5 Å². The number of carbonyl (C=O) groups excluding carboxylic acids is 1. The topological polar surface area (TPSA) is 59.6 Å². The van der Waals surface area contributed by atoms with Crippen LogP contribution in [0.5, 0.6) is 0 Å². The number of methoxy groups -OCH3 is 1. The SMILES string of the molecule is COCc1cccc(CNC/C=C/CNC(=O)OC(C)(C)C)c1. The molecule has 1 amide bonds. The van der Waals surface area contributed by atoms with Gasteiger partial charge in [-0.1, -0.05) is 36.4 Å². The summed E-state index contributed by atoms with van der Waals surface area (Å²) in [5.74, 6) is 0. The Morgan fingerprint density at radius 3 is 2.57 bits per heavy atom. The van der Waals surface area contributed by atoms with Crippen LogP contribution in [-0.2, 0) is 22.6 Å². The summed E-state index contributed by atoms with van der Waals surface area (Å²) < 4.78 is 10.3. The highest BCUT2D eigenvalue weighted by atomic mass is 16.6. The fourth-order valence-electron chi connectivity index (χ4n) is 1.92. The van der Waals surface area contributed by atoms with Crippen molar-refractivity contribution >= 4 is 6.09 Å². The van der Waals surface area contributed by atoms with Crippen molar-refractivity contribution in [1.29, 1.82) is 0 Å². The Kier molecular flexibility index (Phi) is 8.37. The highest BCUT2D eigenvalue weighted by Crippen LogP contribution is 2.06. The van der Waals surface area contributed by atoms with Gasteiger partial charge < -0.3 is 20.1 Å². The van der Waals surface area contributed by atoms with E-state index in [1.165, 1.54) is 11.1 Å². The number of benzene rings is 1. The van der Waals surface area contributed by atoms with E-state index < -0.39 is 11.7 Å². The molecule has 0 saturated heterocycles. The van der Waals surface area contributed by atoms with Gasteiger partial charge in [-0.25, -0.2) is 4.79 Å². The third-order valence-corrected chi connectivity index (χ3v) is 2.82. The lowest BCUT2D eigenvalue weighted by Gasteiger charge is -2.19.